The number of H-pyrrole nitrogens is 2. The molecule has 0 radical (unpaired) electrons. The number of hydrogen-bond donors (Lipinski definition) is 2. The Kier molecular flexibility index (Phi) is 14.2. The van der Waals surface area contributed by atoms with Crippen molar-refractivity contribution in [3.05, 3.63) is 176 Å². The van der Waals surface area contributed by atoms with Crippen LogP contribution in [-0.2, 0) is 43.3 Å². The van der Waals surface area contributed by atoms with Crippen molar-refractivity contribution >= 4 is 45.9 Å². The van der Waals surface area contributed by atoms with Gasteiger partial charge in [0.15, 0.2) is 0 Å². The van der Waals surface area contributed by atoms with Crippen molar-refractivity contribution in [2.45, 2.75) is 209 Å². The first kappa shape index (κ1) is 58.1. The van der Waals surface area contributed by atoms with E-state index >= 15 is 0 Å². The fourth-order valence-corrected chi connectivity index (χ4v) is 10.9. The third kappa shape index (κ3) is 12.1. The third-order valence-corrected chi connectivity index (χ3v) is 16.5. The highest BCUT2D eigenvalue weighted by Crippen LogP contribution is 2.50. The molecule has 0 fully saturated rings. The maximum Gasteiger partial charge on any atom is 0.0815 e. The van der Waals surface area contributed by atoms with Gasteiger partial charge in [-0.3, -0.25) is 0 Å². The van der Waals surface area contributed by atoms with E-state index in [-0.39, 0.29) is 43.3 Å². The molecule has 4 nitrogen and oxygen atoms in total. The summed E-state index contributed by atoms with van der Waals surface area (Å²) in [5.74, 6) is 0. The second kappa shape index (κ2) is 19.6. The lowest BCUT2D eigenvalue weighted by atomic mass is 9.76. The molecular formula is C76H94N4. The summed E-state index contributed by atoms with van der Waals surface area (Å²) in [5.41, 5.74) is 26.0. The van der Waals surface area contributed by atoms with E-state index in [0.717, 1.165) is 78.2 Å². The number of fused-ring (bicyclic) bond motifs is 8. The predicted octanol–water partition coefficient (Wildman–Crippen LogP) is 21.5. The Balaban J connectivity index is 1.67. The zero-order valence-corrected chi connectivity index (χ0v) is 53.4. The highest BCUT2D eigenvalue weighted by molar-refractivity contribution is 6.11. The smallest absolute Gasteiger partial charge is 0.0815 e. The maximum absolute atomic E-state index is 6.00. The molecule has 2 N–H and O–H groups in total. The van der Waals surface area contributed by atoms with Gasteiger partial charge in [-0.05, 0) is 159 Å². The SMILES string of the molecule is CC(C)(C)c1cc(C2=Cc3cc4ccc(cc5nc(cc6[nH]c(c(-c7cc(C(C)(C)C)cc(C(C)(C)C)c7)c2n3)c(-c2cc(C(C)(C)C)cc(C(C)(C)C)c2)c6-c2cc(C(C)(C)C)cc(C(C)(C)C)c2)C=C5)[nH]4)cc(C(C)(C)C)c1. The van der Waals surface area contributed by atoms with Gasteiger partial charge in [0.25, 0.3) is 0 Å². The average Bonchev–Trinajstić information content (AvgIpc) is 4.28. The van der Waals surface area contributed by atoms with Gasteiger partial charge < -0.3 is 9.97 Å². The summed E-state index contributed by atoms with van der Waals surface area (Å²) < 4.78 is 0. The summed E-state index contributed by atoms with van der Waals surface area (Å²) in [6.45, 7) is 56.3. The fourth-order valence-electron chi connectivity index (χ4n) is 10.9. The van der Waals surface area contributed by atoms with Crippen LogP contribution >= 0.6 is 0 Å². The minimum atomic E-state index is -0.162. The normalized spacial score (nSPS) is 14.0. The Hall–Kier alpha value is -6.52. The zero-order chi connectivity index (χ0) is 58.8. The second-order valence-electron chi connectivity index (χ2n) is 31.8. The molecule has 0 saturated heterocycles. The molecule has 2 aliphatic heterocycles. The number of nitrogens with zero attached hydrogens (tertiary/aromatic N) is 2. The Morgan fingerprint density at radius 2 is 0.600 bits per heavy atom. The quantitative estimate of drug-likeness (QED) is 0.185. The minimum absolute atomic E-state index is 0.110. The number of rotatable bonds is 4. The summed E-state index contributed by atoms with van der Waals surface area (Å²) >= 11 is 0. The van der Waals surface area contributed by atoms with Gasteiger partial charge in [0.1, 0.15) is 0 Å². The van der Waals surface area contributed by atoms with Crippen molar-refractivity contribution in [3.63, 3.8) is 0 Å². The Morgan fingerprint density at radius 3 is 0.963 bits per heavy atom. The van der Waals surface area contributed by atoms with E-state index in [0.29, 0.717) is 0 Å². The Labute approximate surface area is 482 Å². The number of benzene rings is 4. The minimum Gasteiger partial charge on any atom is -0.355 e. The number of aromatic amines is 2. The lowest BCUT2D eigenvalue weighted by Crippen LogP contribution is -2.17. The molecular weight excluding hydrogens is 969 g/mol. The van der Waals surface area contributed by atoms with Crippen LogP contribution in [-0.4, -0.2) is 19.9 Å². The van der Waals surface area contributed by atoms with Crippen LogP contribution in [0.25, 0.3) is 79.2 Å². The van der Waals surface area contributed by atoms with Gasteiger partial charge in [0.05, 0.1) is 28.3 Å². The molecule has 0 amide bonds. The Bertz CT molecular complexity index is 3690. The first-order valence-corrected chi connectivity index (χ1v) is 29.5. The first-order valence-electron chi connectivity index (χ1n) is 29.5. The van der Waals surface area contributed by atoms with Crippen LogP contribution in [0.15, 0.2) is 103 Å². The van der Waals surface area contributed by atoms with E-state index in [2.05, 4.69) is 297 Å². The molecule has 7 aromatic rings. The number of hydrogen-bond acceptors (Lipinski definition) is 2. The van der Waals surface area contributed by atoms with Crippen molar-refractivity contribution in [1.82, 2.24) is 19.9 Å². The monoisotopic (exact) mass is 1060 g/mol. The van der Waals surface area contributed by atoms with Gasteiger partial charge >= 0.3 is 0 Å². The molecule has 9 rings (SSSR count). The van der Waals surface area contributed by atoms with Crippen molar-refractivity contribution < 1.29 is 0 Å². The summed E-state index contributed by atoms with van der Waals surface area (Å²) in [5, 5.41) is 0. The number of aromatic nitrogens is 4. The first-order chi connectivity index (χ1) is 36.6. The molecule has 3 aromatic heterocycles. The molecule has 4 aromatic carbocycles. The van der Waals surface area contributed by atoms with Gasteiger partial charge in [0.2, 0.25) is 0 Å². The molecule has 0 spiro atoms. The van der Waals surface area contributed by atoms with Crippen LogP contribution in [0.5, 0.6) is 0 Å². The summed E-state index contributed by atoms with van der Waals surface area (Å²) in [4.78, 5) is 19.4. The summed E-state index contributed by atoms with van der Waals surface area (Å²) in [6, 6.07) is 40.6. The van der Waals surface area contributed by atoms with Crippen LogP contribution in [0.1, 0.15) is 239 Å². The van der Waals surface area contributed by atoms with Gasteiger partial charge in [-0.2, -0.15) is 0 Å². The molecule has 0 atom stereocenters. The van der Waals surface area contributed by atoms with Gasteiger partial charge in [0, 0.05) is 38.8 Å². The molecule has 0 saturated carbocycles. The van der Waals surface area contributed by atoms with Crippen molar-refractivity contribution in [2.75, 3.05) is 0 Å². The van der Waals surface area contributed by atoms with Gasteiger partial charge in [-0.1, -0.05) is 239 Å². The van der Waals surface area contributed by atoms with E-state index in [9.17, 15) is 0 Å². The van der Waals surface area contributed by atoms with E-state index in [1.54, 1.807) is 0 Å². The molecule has 0 unspecified atom stereocenters. The molecule has 5 heterocycles. The molecule has 8 bridgehead atoms. The summed E-state index contributed by atoms with van der Waals surface area (Å²) in [7, 11) is 0. The predicted molar refractivity (Wildman–Crippen MR) is 349 cm³/mol. The highest BCUT2D eigenvalue weighted by atomic mass is 14.8. The fraction of sp³-hybridized carbons (Fsp3) is 0.421. The Morgan fingerprint density at radius 1 is 0.287 bits per heavy atom. The topological polar surface area (TPSA) is 57.4 Å². The van der Waals surface area contributed by atoms with Crippen LogP contribution in [0, 0.1) is 0 Å². The lowest BCUT2D eigenvalue weighted by molar-refractivity contribution is 0.568. The van der Waals surface area contributed by atoms with E-state index in [4.69, 9.17) is 9.97 Å². The summed E-state index contributed by atoms with van der Waals surface area (Å²) in [6.07, 6.45) is 6.65. The van der Waals surface area contributed by atoms with Crippen molar-refractivity contribution in [2.24, 2.45) is 0 Å². The lowest BCUT2D eigenvalue weighted by Gasteiger charge is -2.28. The highest BCUT2D eigenvalue weighted by Gasteiger charge is 2.32. The molecule has 4 heteroatoms. The van der Waals surface area contributed by atoms with Crippen LogP contribution in [0.2, 0.25) is 0 Å². The third-order valence-electron chi connectivity index (χ3n) is 16.5. The molecule has 418 valence electrons. The molecule has 80 heavy (non-hydrogen) atoms. The van der Waals surface area contributed by atoms with Gasteiger partial charge in [-0.15, -0.1) is 0 Å². The van der Waals surface area contributed by atoms with Crippen LogP contribution in [0.4, 0.5) is 0 Å². The van der Waals surface area contributed by atoms with E-state index in [1.165, 1.54) is 55.6 Å². The van der Waals surface area contributed by atoms with Crippen molar-refractivity contribution in [1.29, 1.82) is 0 Å². The second-order valence-corrected chi connectivity index (χ2v) is 31.8. The van der Waals surface area contributed by atoms with Crippen molar-refractivity contribution in [3.8, 4) is 33.4 Å². The molecule has 0 aliphatic carbocycles. The zero-order valence-electron chi connectivity index (χ0n) is 53.4. The standard InChI is InChI=1S/C76H94N4/c1-69(2,3)49-29-45(30-50(37-49)70(4,5)6)62-43-61-42-59-26-25-57(77-59)41-58-27-28-60(78-58)44-63-64(46-31-51(71(7,8)9)38-52(32-46)72(10,11)12)65(47-33-53(73(13,14)15)39-54(34-47)74(16,17)18)68(80-63)66(67(62)79-61)48-35-55(75(19,20)21)40-56(36-48)76(22,23)24/h25-44,77,80H,1-24H3. The largest absolute Gasteiger partial charge is 0.355 e. The molecule has 2 aliphatic rings. The van der Waals surface area contributed by atoms with Gasteiger partial charge in [-0.25, -0.2) is 9.97 Å². The van der Waals surface area contributed by atoms with Crippen LogP contribution < -0.4 is 0 Å². The van der Waals surface area contributed by atoms with Crippen LogP contribution in [0.3, 0.4) is 0 Å². The number of nitrogens with one attached hydrogen (secondary N) is 2. The van der Waals surface area contributed by atoms with E-state index < -0.39 is 0 Å². The maximum atomic E-state index is 6.00. The van der Waals surface area contributed by atoms with E-state index in [1.807, 2.05) is 0 Å². The average molecular weight is 1060 g/mol.